The number of halogens is 2. The number of hydrogen-bond acceptors (Lipinski definition) is 4. The van der Waals surface area contributed by atoms with Gasteiger partial charge in [0, 0.05) is 9.26 Å². The predicted octanol–water partition coefficient (Wildman–Crippen LogP) is 3.85. The van der Waals surface area contributed by atoms with Crippen molar-refractivity contribution >= 4 is 57.4 Å². The molecule has 0 saturated carbocycles. The van der Waals surface area contributed by atoms with Crippen LogP contribution in [0, 0.1) is 10.5 Å². The van der Waals surface area contributed by atoms with Gasteiger partial charge in [0.1, 0.15) is 0 Å². The molecule has 0 aliphatic rings. The molecular weight excluding hydrogens is 345 g/mol. The molecule has 3 nitrogen and oxygen atoms in total. The van der Waals surface area contributed by atoms with Gasteiger partial charge in [0.05, 0.1) is 11.7 Å². The van der Waals surface area contributed by atoms with Gasteiger partial charge in [-0.15, -0.1) is 0 Å². The van der Waals surface area contributed by atoms with Gasteiger partial charge in [-0.05, 0) is 47.2 Å². The second kappa shape index (κ2) is 4.63. The Labute approximate surface area is 110 Å². The predicted molar refractivity (Wildman–Crippen MR) is 72.1 cm³/mol. The van der Waals surface area contributed by atoms with Gasteiger partial charge in [-0.2, -0.15) is 8.75 Å². The Kier molecular flexibility index (Phi) is 3.42. The summed E-state index contributed by atoms with van der Waals surface area (Å²) in [6, 6.07) is 6.16. The van der Waals surface area contributed by atoms with E-state index in [2.05, 4.69) is 48.8 Å². The van der Waals surface area contributed by atoms with Gasteiger partial charge in [-0.1, -0.05) is 17.7 Å². The molecule has 0 aliphatic heterocycles. The summed E-state index contributed by atoms with van der Waals surface area (Å²) >= 11 is 9.22. The van der Waals surface area contributed by atoms with E-state index in [1.807, 2.05) is 13.0 Å². The van der Waals surface area contributed by atoms with Crippen LogP contribution in [0.4, 0.5) is 11.5 Å². The minimum Gasteiger partial charge on any atom is -0.336 e. The molecule has 1 heterocycles. The number of aromatic nitrogens is 2. The fourth-order valence-corrected chi connectivity index (χ4v) is 2.24. The highest BCUT2D eigenvalue weighted by Gasteiger charge is 2.06. The van der Waals surface area contributed by atoms with Crippen LogP contribution in [0.25, 0.3) is 0 Å². The highest BCUT2D eigenvalue weighted by molar-refractivity contribution is 14.1. The van der Waals surface area contributed by atoms with Gasteiger partial charge in [0.25, 0.3) is 0 Å². The Balaban J connectivity index is 2.32. The van der Waals surface area contributed by atoms with Crippen LogP contribution in [-0.4, -0.2) is 8.75 Å². The second-order valence-corrected chi connectivity index (χ2v) is 5.12. The lowest BCUT2D eigenvalue weighted by atomic mass is 10.2. The first-order valence-electron chi connectivity index (χ1n) is 4.18. The number of hydrogen-bond donors (Lipinski definition) is 1. The quantitative estimate of drug-likeness (QED) is 0.835. The van der Waals surface area contributed by atoms with E-state index in [1.54, 1.807) is 0 Å². The van der Waals surface area contributed by atoms with Crippen molar-refractivity contribution in [3.8, 4) is 0 Å². The first kappa shape index (κ1) is 11.1. The van der Waals surface area contributed by atoms with E-state index in [9.17, 15) is 0 Å². The van der Waals surface area contributed by atoms with Crippen LogP contribution in [0.15, 0.2) is 18.2 Å². The largest absolute Gasteiger partial charge is 0.336 e. The average Bonchev–Trinajstić information content (AvgIpc) is 2.58. The minimum absolute atomic E-state index is 0.415. The van der Waals surface area contributed by atoms with Crippen LogP contribution in [0.5, 0.6) is 0 Å². The first-order valence-corrected chi connectivity index (χ1v) is 6.37. The molecule has 15 heavy (non-hydrogen) atoms. The highest BCUT2D eigenvalue weighted by atomic mass is 127. The van der Waals surface area contributed by atoms with Crippen LogP contribution in [0.2, 0.25) is 5.15 Å². The molecule has 0 fully saturated rings. The summed E-state index contributed by atoms with van der Waals surface area (Å²) in [4.78, 5) is 0. The molecule has 2 rings (SSSR count). The van der Waals surface area contributed by atoms with E-state index < -0.39 is 0 Å². The lowest BCUT2D eigenvalue weighted by Crippen LogP contribution is -1.94. The molecule has 1 aromatic heterocycles. The summed E-state index contributed by atoms with van der Waals surface area (Å²) in [6.07, 6.45) is 0. The summed E-state index contributed by atoms with van der Waals surface area (Å²) in [5.74, 6) is 0.617. The van der Waals surface area contributed by atoms with Crippen molar-refractivity contribution in [2.75, 3.05) is 5.32 Å². The first-order chi connectivity index (χ1) is 7.16. The molecule has 0 amide bonds. The van der Waals surface area contributed by atoms with Crippen LogP contribution in [0.3, 0.4) is 0 Å². The highest BCUT2D eigenvalue weighted by Crippen LogP contribution is 2.26. The topological polar surface area (TPSA) is 37.8 Å². The molecule has 0 spiro atoms. The molecule has 0 radical (unpaired) electrons. The van der Waals surface area contributed by atoms with E-state index in [4.69, 9.17) is 11.6 Å². The fraction of sp³-hybridized carbons (Fsp3) is 0.111. The third kappa shape index (κ3) is 2.59. The Hall–Kier alpha value is -0.400. The van der Waals surface area contributed by atoms with E-state index in [-0.39, 0.29) is 0 Å². The van der Waals surface area contributed by atoms with Crippen LogP contribution in [0.1, 0.15) is 5.56 Å². The van der Waals surface area contributed by atoms with Gasteiger partial charge in [-0.3, -0.25) is 0 Å². The number of nitrogens with zero attached hydrogens (tertiary/aromatic N) is 2. The Morgan fingerprint density at radius 3 is 2.87 bits per heavy atom. The van der Waals surface area contributed by atoms with Crippen molar-refractivity contribution in [1.29, 1.82) is 0 Å². The summed E-state index contributed by atoms with van der Waals surface area (Å²) in [5, 5.41) is 3.58. The zero-order chi connectivity index (χ0) is 10.8. The monoisotopic (exact) mass is 351 g/mol. The zero-order valence-electron chi connectivity index (χ0n) is 7.79. The number of aryl methyl sites for hydroxylation is 1. The number of nitrogens with one attached hydrogen (secondary N) is 1. The number of benzene rings is 1. The standard InChI is InChI=1S/C9H7ClIN3S/c1-5-2-3-6(11)4-7(5)12-9-8(10)13-15-14-9/h2-4H,1H3,(H,12,14). The van der Waals surface area contributed by atoms with Crippen molar-refractivity contribution in [3.05, 3.63) is 32.5 Å². The van der Waals surface area contributed by atoms with Crippen LogP contribution >= 0.6 is 45.9 Å². The molecule has 6 heteroatoms. The molecule has 0 saturated heterocycles. The van der Waals surface area contributed by atoms with Gasteiger partial charge >= 0.3 is 0 Å². The molecular formula is C9H7ClIN3S. The number of rotatable bonds is 2. The van der Waals surface area contributed by atoms with Gasteiger partial charge in [0.15, 0.2) is 11.0 Å². The molecule has 2 aromatic rings. The van der Waals surface area contributed by atoms with Crippen molar-refractivity contribution in [3.63, 3.8) is 0 Å². The summed E-state index contributed by atoms with van der Waals surface area (Å²) in [6.45, 7) is 2.03. The Morgan fingerprint density at radius 2 is 2.20 bits per heavy atom. The zero-order valence-corrected chi connectivity index (χ0v) is 11.5. The normalized spacial score (nSPS) is 10.3. The molecule has 0 atom stereocenters. The van der Waals surface area contributed by atoms with Crippen molar-refractivity contribution in [2.45, 2.75) is 6.92 Å². The third-order valence-corrected chi connectivity index (χ3v) is 3.46. The van der Waals surface area contributed by atoms with Crippen LogP contribution in [-0.2, 0) is 0 Å². The van der Waals surface area contributed by atoms with Crippen LogP contribution < -0.4 is 5.32 Å². The Bertz CT molecular complexity index is 486. The molecule has 0 unspecified atom stereocenters. The lowest BCUT2D eigenvalue weighted by molar-refractivity contribution is 1.38. The molecule has 78 valence electrons. The Morgan fingerprint density at radius 1 is 1.40 bits per heavy atom. The maximum Gasteiger partial charge on any atom is 0.187 e. The molecule has 0 aliphatic carbocycles. The van der Waals surface area contributed by atoms with Crippen molar-refractivity contribution in [2.24, 2.45) is 0 Å². The molecule has 0 bridgehead atoms. The summed E-state index contributed by atoms with van der Waals surface area (Å²) < 4.78 is 9.13. The lowest BCUT2D eigenvalue weighted by Gasteiger charge is -2.07. The maximum atomic E-state index is 5.85. The minimum atomic E-state index is 0.415. The SMILES string of the molecule is Cc1ccc(I)cc1Nc1nsnc1Cl. The average molecular weight is 352 g/mol. The van der Waals surface area contributed by atoms with E-state index >= 15 is 0 Å². The third-order valence-electron chi connectivity index (χ3n) is 1.90. The van der Waals surface area contributed by atoms with E-state index in [0.717, 1.165) is 23.0 Å². The van der Waals surface area contributed by atoms with Crippen molar-refractivity contribution in [1.82, 2.24) is 8.75 Å². The van der Waals surface area contributed by atoms with E-state index in [0.29, 0.717) is 11.0 Å². The smallest absolute Gasteiger partial charge is 0.187 e. The second-order valence-electron chi connectivity index (χ2n) is 2.99. The summed E-state index contributed by atoms with van der Waals surface area (Å²) in [7, 11) is 0. The number of anilines is 2. The van der Waals surface area contributed by atoms with Gasteiger partial charge < -0.3 is 5.32 Å². The maximum absolute atomic E-state index is 5.85. The molecule has 1 N–H and O–H groups in total. The fourth-order valence-electron chi connectivity index (χ4n) is 1.11. The van der Waals surface area contributed by atoms with Crippen molar-refractivity contribution < 1.29 is 0 Å². The van der Waals surface area contributed by atoms with Gasteiger partial charge in [-0.25, -0.2) is 0 Å². The summed E-state index contributed by atoms with van der Waals surface area (Å²) in [5.41, 5.74) is 2.16. The van der Waals surface area contributed by atoms with Gasteiger partial charge in [0.2, 0.25) is 0 Å². The molecule has 1 aromatic carbocycles. The van der Waals surface area contributed by atoms with E-state index in [1.165, 1.54) is 3.57 Å².